The second-order valence-electron chi connectivity index (χ2n) is 5.10. The molecule has 1 fully saturated rings. The van der Waals surface area contributed by atoms with Crippen LogP contribution in [0.2, 0.25) is 0 Å². The number of anilines is 1. The summed E-state index contributed by atoms with van der Waals surface area (Å²) in [5.41, 5.74) is 2.60. The van der Waals surface area contributed by atoms with Crippen molar-refractivity contribution in [2.24, 2.45) is 0 Å². The number of benzene rings is 1. The molecule has 1 heterocycles. The first-order chi connectivity index (χ1) is 8.75. The van der Waals surface area contributed by atoms with Gasteiger partial charge in [-0.15, -0.1) is 0 Å². The van der Waals surface area contributed by atoms with Gasteiger partial charge in [-0.3, -0.25) is 0 Å². The van der Waals surface area contributed by atoms with Crippen LogP contribution in [0.3, 0.4) is 0 Å². The van der Waals surface area contributed by atoms with Gasteiger partial charge in [-0.05, 0) is 31.9 Å². The van der Waals surface area contributed by atoms with Crippen LogP contribution < -0.4 is 10.2 Å². The maximum atomic E-state index is 5.36. The van der Waals surface area contributed by atoms with Gasteiger partial charge in [0.05, 0.1) is 0 Å². The average Bonchev–Trinajstić information content (AvgIpc) is 2.40. The number of likely N-dealkylation sites (N-methyl/N-ethyl adjacent to an activating group) is 1. The average molecular weight is 248 g/mol. The molecule has 0 spiro atoms. The van der Waals surface area contributed by atoms with Crippen LogP contribution in [-0.4, -0.2) is 39.4 Å². The van der Waals surface area contributed by atoms with Crippen molar-refractivity contribution in [2.75, 3.05) is 38.3 Å². The highest BCUT2D eigenvalue weighted by atomic mass is 16.5. The maximum absolute atomic E-state index is 5.36. The molecular formula is C15H24N2O. The molecule has 3 nitrogen and oxygen atoms in total. The highest BCUT2D eigenvalue weighted by molar-refractivity contribution is 5.46. The Morgan fingerprint density at radius 1 is 1.22 bits per heavy atom. The Labute approximate surface area is 110 Å². The summed E-state index contributed by atoms with van der Waals surface area (Å²) in [4.78, 5) is 2.30. The summed E-state index contributed by atoms with van der Waals surface area (Å²) in [6.07, 6.45) is 2.29. The lowest BCUT2D eigenvalue weighted by Crippen LogP contribution is -2.39. The van der Waals surface area contributed by atoms with Crippen LogP contribution in [0.15, 0.2) is 24.3 Å². The highest BCUT2D eigenvalue weighted by Gasteiger charge is 2.12. The molecule has 1 aliphatic heterocycles. The third-order valence-corrected chi connectivity index (χ3v) is 3.58. The van der Waals surface area contributed by atoms with E-state index in [1.165, 1.54) is 11.3 Å². The molecule has 0 radical (unpaired) electrons. The van der Waals surface area contributed by atoms with E-state index in [4.69, 9.17) is 4.74 Å². The van der Waals surface area contributed by atoms with Gasteiger partial charge < -0.3 is 15.0 Å². The summed E-state index contributed by atoms with van der Waals surface area (Å²) in [7, 11) is 2.15. The van der Waals surface area contributed by atoms with Crippen LogP contribution >= 0.6 is 0 Å². The number of ether oxygens (including phenoxy) is 1. The van der Waals surface area contributed by atoms with Crippen molar-refractivity contribution in [3.8, 4) is 0 Å². The molecule has 1 saturated heterocycles. The van der Waals surface area contributed by atoms with Gasteiger partial charge in [0.25, 0.3) is 0 Å². The number of nitrogens with zero attached hydrogens (tertiary/aromatic N) is 1. The predicted molar refractivity (Wildman–Crippen MR) is 76.3 cm³/mol. The minimum Gasteiger partial charge on any atom is -0.381 e. The van der Waals surface area contributed by atoms with Crippen molar-refractivity contribution in [2.45, 2.75) is 25.8 Å². The number of nitrogens with one attached hydrogen (secondary N) is 1. The molecule has 2 rings (SSSR count). The summed E-state index contributed by atoms with van der Waals surface area (Å²) in [5.74, 6) is 0. The van der Waals surface area contributed by atoms with E-state index in [1.54, 1.807) is 0 Å². The number of aryl methyl sites for hydroxylation is 1. The molecule has 1 N–H and O–H groups in total. The zero-order chi connectivity index (χ0) is 12.8. The zero-order valence-corrected chi connectivity index (χ0v) is 11.5. The largest absolute Gasteiger partial charge is 0.381 e. The molecule has 0 unspecified atom stereocenters. The van der Waals surface area contributed by atoms with Gasteiger partial charge in [-0.25, -0.2) is 0 Å². The van der Waals surface area contributed by atoms with Crippen LogP contribution in [0.5, 0.6) is 0 Å². The number of rotatable bonds is 5. The molecule has 0 aromatic heterocycles. The first kappa shape index (κ1) is 13.4. The van der Waals surface area contributed by atoms with E-state index in [0.717, 1.165) is 39.1 Å². The van der Waals surface area contributed by atoms with Crippen molar-refractivity contribution in [1.29, 1.82) is 0 Å². The fraction of sp³-hybridized carbons (Fsp3) is 0.600. The molecule has 0 atom stereocenters. The zero-order valence-electron chi connectivity index (χ0n) is 11.5. The standard InChI is InChI=1S/C15H24N2O/c1-13-3-5-15(6-4-13)17(2)10-9-16-14-7-11-18-12-8-14/h3-6,14,16H,7-12H2,1-2H3. The second-order valence-corrected chi connectivity index (χ2v) is 5.10. The first-order valence-corrected chi connectivity index (χ1v) is 6.84. The molecule has 0 aliphatic carbocycles. The van der Waals surface area contributed by atoms with Crippen molar-refractivity contribution >= 4 is 5.69 Å². The second kappa shape index (κ2) is 6.76. The van der Waals surface area contributed by atoms with E-state index in [9.17, 15) is 0 Å². The minimum absolute atomic E-state index is 0.644. The molecule has 0 amide bonds. The van der Waals surface area contributed by atoms with Gasteiger partial charge in [0.1, 0.15) is 0 Å². The van der Waals surface area contributed by atoms with Gasteiger partial charge in [0.15, 0.2) is 0 Å². The van der Waals surface area contributed by atoms with Gasteiger partial charge in [-0.1, -0.05) is 17.7 Å². The third kappa shape index (κ3) is 4.00. The summed E-state index contributed by atoms with van der Waals surface area (Å²) in [5, 5.41) is 3.61. The Bertz CT molecular complexity index is 344. The lowest BCUT2D eigenvalue weighted by atomic mass is 10.1. The Balaban J connectivity index is 1.70. The lowest BCUT2D eigenvalue weighted by molar-refractivity contribution is 0.0783. The van der Waals surface area contributed by atoms with E-state index in [-0.39, 0.29) is 0 Å². The van der Waals surface area contributed by atoms with Crippen molar-refractivity contribution in [3.63, 3.8) is 0 Å². The van der Waals surface area contributed by atoms with Crippen molar-refractivity contribution < 1.29 is 4.74 Å². The molecule has 100 valence electrons. The third-order valence-electron chi connectivity index (χ3n) is 3.58. The van der Waals surface area contributed by atoms with E-state index in [1.807, 2.05) is 0 Å². The van der Waals surface area contributed by atoms with Gasteiger partial charge in [-0.2, -0.15) is 0 Å². The maximum Gasteiger partial charge on any atom is 0.0480 e. The van der Waals surface area contributed by atoms with E-state index >= 15 is 0 Å². The van der Waals surface area contributed by atoms with E-state index in [0.29, 0.717) is 6.04 Å². The number of hydrogen-bond donors (Lipinski definition) is 1. The van der Waals surface area contributed by atoms with Gasteiger partial charge in [0, 0.05) is 45.1 Å². The fourth-order valence-corrected chi connectivity index (χ4v) is 2.27. The van der Waals surface area contributed by atoms with Gasteiger partial charge in [0.2, 0.25) is 0 Å². The Hall–Kier alpha value is -1.06. The molecule has 18 heavy (non-hydrogen) atoms. The van der Waals surface area contributed by atoms with Crippen LogP contribution in [0.25, 0.3) is 0 Å². The molecule has 3 heteroatoms. The topological polar surface area (TPSA) is 24.5 Å². The van der Waals surface area contributed by atoms with Gasteiger partial charge >= 0.3 is 0 Å². The lowest BCUT2D eigenvalue weighted by Gasteiger charge is -2.25. The number of hydrogen-bond acceptors (Lipinski definition) is 3. The summed E-state index contributed by atoms with van der Waals surface area (Å²) < 4.78 is 5.36. The predicted octanol–water partition coefficient (Wildman–Crippen LogP) is 2.20. The minimum atomic E-state index is 0.644. The smallest absolute Gasteiger partial charge is 0.0480 e. The normalized spacial score (nSPS) is 16.8. The fourth-order valence-electron chi connectivity index (χ4n) is 2.27. The molecule has 1 aromatic rings. The van der Waals surface area contributed by atoms with Crippen molar-refractivity contribution in [1.82, 2.24) is 5.32 Å². The van der Waals surface area contributed by atoms with Crippen LogP contribution in [0.1, 0.15) is 18.4 Å². The molecule has 0 bridgehead atoms. The SMILES string of the molecule is Cc1ccc(N(C)CCNC2CCOCC2)cc1. The monoisotopic (exact) mass is 248 g/mol. The summed E-state index contributed by atoms with van der Waals surface area (Å²) in [6.45, 7) is 6.02. The van der Waals surface area contributed by atoms with Crippen LogP contribution in [-0.2, 0) is 4.74 Å². The van der Waals surface area contributed by atoms with Crippen LogP contribution in [0.4, 0.5) is 5.69 Å². The summed E-state index contributed by atoms with van der Waals surface area (Å²) in [6, 6.07) is 9.34. The Morgan fingerprint density at radius 2 is 1.89 bits per heavy atom. The Morgan fingerprint density at radius 3 is 2.56 bits per heavy atom. The van der Waals surface area contributed by atoms with E-state index in [2.05, 4.69) is 48.5 Å². The quantitative estimate of drug-likeness (QED) is 0.864. The highest BCUT2D eigenvalue weighted by Crippen LogP contribution is 2.12. The molecule has 0 saturated carbocycles. The Kier molecular flexibility index (Phi) is 5.02. The summed E-state index contributed by atoms with van der Waals surface area (Å²) >= 11 is 0. The molecule has 1 aromatic carbocycles. The molecular weight excluding hydrogens is 224 g/mol. The first-order valence-electron chi connectivity index (χ1n) is 6.84. The van der Waals surface area contributed by atoms with E-state index < -0.39 is 0 Å². The molecule has 1 aliphatic rings. The van der Waals surface area contributed by atoms with Crippen molar-refractivity contribution in [3.05, 3.63) is 29.8 Å². The van der Waals surface area contributed by atoms with Crippen LogP contribution in [0, 0.1) is 6.92 Å².